The molecule has 15 heavy (non-hydrogen) atoms. The van der Waals surface area contributed by atoms with Crippen LogP contribution in [-0.4, -0.2) is 50.6 Å². The minimum absolute atomic E-state index is 0.0149. The van der Waals surface area contributed by atoms with E-state index in [-0.39, 0.29) is 30.4 Å². The first-order valence-corrected chi connectivity index (χ1v) is 4.91. The third kappa shape index (κ3) is 4.78. The summed E-state index contributed by atoms with van der Waals surface area (Å²) in [5, 5.41) is 2.99. The number of hydrogen-bond donors (Lipinski definition) is 1. The van der Waals surface area contributed by atoms with Crippen molar-refractivity contribution in [1.29, 1.82) is 0 Å². The molecule has 1 amide bonds. The number of methoxy groups -OCH3 is 1. The van der Waals surface area contributed by atoms with Crippen molar-refractivity contribution in [2.45, 2.75) is 19.9 Å². The van der Waals surface area contributed by atoms with Crippen LogP contribution in [0.2, 0.25) is 0 Å². The predicted molar refractivity (Wildman–Crippen MR) is 57.3 cm³/mol. The van der Waals surface area contributed by atoms with Gasteiger partial charge in [0.25, 0.3) is 0 Å². The van der Waals surface area contributed by atoms with Crippen LogP contribution in [0.15, 0.2) is 0 Å². The summed E-state index contributed by atoms with van der Waals surface area (Å²) in [5.74, 6) is -0.545. The van der Waals surface area contributed by atoms with Crippen molar-refractivity contribution in [3.8, 4) is 0 Å². The molecule has 2 unspecified atom stereocenters. The summed E-state index contributed by atoms with van der Waals surface area (Å²) in [6, 6.07) is -0.0821. The molecule has 0 spiro atoms. The zero-order chi connectivity index (χ0) is 12.0. The normalized spacial score (nSPS) is 14.2. The van der Waals surface area contributed by atoms with Gasteiger partial charge in [0, 0.05) is 20.1 Å². The number of carbonyl (C=O) groups is 2. The second kappa shape index (κ2) is 6.40. The summed E-state index contributed by atoms with van der Waals surface area (Å²) >= 11 is 0. The van der Waals surface area contributed by atoms with Gasteiger partial charge < -0.3 is 15.0 Å². The number of nitrogens with zero attached hydrogens (tertiary/aromatic N) is 1. The molecule has 1 N–H and O–H groups in total. The number of hydrogen-bond acceptors (Lipinski definition) is 4. The minimum Gasteiger partial charge on any atom is -0.469 e. The van der Waals surface area contributed by atoms with Crippen LogP contribution in [0, 0.1) is 5.92 Å². The lowest BCUT2D eigenvalue weighted by molar-refractivity contribution is -0.146. The minimum atomic E-state index is -0.271. The Labute approximate surface area is 90.8 Å². The monoisotopic (exact) mass is 216 g/mol. The Morgan fingerprint density at radius 3 is 2.27 bits per heavy atom. The molecule has 0 aliphatic rings. The Bertz CT molecular complexity index is 229. The van der Waals surface area contributed by atoms with Crippen molar-refractivity contribution in [2.24, 2.45) is 5.92 Å². The van der Waals surface area contributed by atoms with E-state index in [2.05, 4.69) is 10.1 Å². The molecule has 88 valence electrons. The van der Waals surface area contributed by atoms with Crippen molar-refractivity contribution in [3.05, 3.63) is 0 Å². The highest BCUT2D eigenvalue weighted by atomic mass is 16.5. The van der Waals surface area contributed by atoms with Crippen molar-refractivity contribution >= 4 is 11.9 Å². The number of ether oxygens (including phenoxy) is 1. The fourth-order valence-corrected chi connectivity index (χ4v) is 0.973. The van der Waals surface area contributed by atoms with Gasteiger partial charge in [0.05, 0.1) is 19.6 Å². The number of rotatable bonds is 5. The van der Waals surface area contributed by atoms with E-state index in [0.29, 0.717) is 0 Å². The van der Waals surface area contributed by atoms with Gasteiger partial charge in [-0.05, 0) is 6.92 Å². The van der Waals surface area contributed by atoms with Crippen LogP contribution in [0.3, 0.4) is 0 Å². The summed E-state index contributed by atoms with van der Waals surface area (Å²) in [6.45, 7) is 3.85. The number of likely N-dealkylation sites (N-methyl/N-ethyl adjacent to an activating group) is 1. The second-order valence-electron chi connectivity index (χ2n) is 3.77. The Hall–Kier alpha value is -1.10. The van der Waals surface area contributed by atoms with E-state index in [1.807, 2.05) is 6.92 Å². The highest BCUT2D eigenvalue weighted by Crippen LogP contribution is 2.04. The molecular formula is C10H20N2O3. The molecule has 0 fully saturated rings. The zero-order valence-corrected chi connectivity index (χ0v) is 10.0. The molecule has 5 nitrogen and oxygen atoms in total. The molecule has 2 atom stereocenters. The van der Waals surface area contributed by atoms with E-state index < -0.39 is 0 Å². The average molecular weight is 216 g/mol. The van der Waals surface area contributed by atoms with Crippen LogP contribution in [-0.2, 0) is 14.3 Å². The van der Waals surface area contributed by atoms with Crippen molar-refractivity contribution < 1.29 is 14.3 Å². The SMILES string of the molecule is COC(=O)C(C)C(C)NCC(=O)N(C)C. The fraction of sp³-hybridized carbons (Fsp3) is 0.800. The molecule has 0 bridgehead atoms. The van der Waals surface area contributed by atoms with E-state index in [9.17, 15) is 9.59 Å². The average Bonchev–Trinajstić information content (AvgIpc) is 2.22. The summed E-state index contributed by atoms with van der Waals surface area (Å²) in [6.07, 6.45) is 0. The molecule has 0 aromatic carbocycles. The lowest BCUT2D eigenvalue weighted by Gasteiger charge is -2.20. The first-order chi connectivity index (χ1) is 6.90. The molecular weight excluding hydrogens is 196 g/mol. The molecule has 0 aromatic rings. The van der Waals surface area contributed by atoms with E-state index in [1.165, 1.54) is 12.0 Å². The maximum absolute atomic E-state index is 11.3. The van der Waals surface area contributed by atoms with Gasteiger partial charge in [-0.1, -0.05) is 6.92 Å². The Balaban J connectivity index is 3.98. The van der Waals surface area contributed by atoms with Crippen LogP contribution in [0.25, 0.3) is 0 Å². The largest absolute Gasteiger partial charge is 0.469 e. The fourth-order valence-electron chi connectivity index (χ4n) is 0.973. The topological polar surface area (TPSA) is 58.6 Å². The Morgan fingerprint density at radius 1 is 1.33 bits per heavy atom. The first kappa shape index (κ1) is 13.9. The van der Waals surface area contributed by atoms with Crippen molar-refractivity contribution in [1.82, 2.24) is 10.2 Å². The van der Waals surface area contributed by atoms with Gasteiger partial charge >= 0.3 is 5.97 Å². The van der Waals surface area contributed by atoms with E-state index >= 15 is 0 Å². The van der Waals surface area contributed by atoms with E-state index in [4.69, 9.17) is 0 Å². The van der Waals surface area contributed by atoms with Gasteiger partial charge in [-0.25, -0.2) is 0 Å². The quantitative estimate of drug-likeness (QED) is 0.650. The Kier molecular flexibility index (Phi) is 5.93. The number of carbonyl (C=O) groups excluding carboxylic acids is 2. The van der Waals surface area contributed by atoms with Gasteiger partial charge in [0.1, 0.15) is 0 Å². The summed E-state index contributed by atoms with van der Waals surface area (Å²) < 4.78 is 4.61. The van der Waals surface area contributed by atoms with Crippen LogP contribution >= 0.6 is 0 Å². The first-order valence-electron chi connectivity index (χ1n) is 4.91. The molecule has 0 rings (SSSR count). The highest BCUT2D eigenvalue weighted by Gasteiger charge is 2.21. The molecule has 0 saturated heterocycles. The maximum Gasteiger partial charge on any atom is 0.309 e. The van der Waals surface area contributed by atoms with Crippen LogP contribution < -0.4 is 5.32 Å². The maximum atomic E-state index is 11.3. The summed E-state index contributed by atoms with van der Waals surface area (Å²) in [4.78, 5) is 23.9. The molecule has 0 heterocycles. The number of nitrogens with one attached hydrogen (secondary N) is 1. The molecule has 0 aromatic heterocycles. The van der Waals surface area contributed by atoms with Gasteiger partial charge in [0.15, 0.2) is 0 Å². The molecule has 0 aliphatic heterocycles. The van der Waals surface area contributed by atoms with Crippen LogP contribution in [0.1, 0.15) is 13.8 Å². The highest BCUT2D eigenvalue weighted by molar-refractivity contribution is 5.78. The van der Waals surface area contributed by atoms with E-state index in [0.717, 1.165) is 0 Å². The lowest BCUT2D eigenvalue weighted by Crippen LogP contribution is -2.42. The standard InChI is InChI=1S/C10H20N2O3/c1-7(10(14)15-5)8(2)11-6-9(13)12(3)4/h7-8,11H,6H2,1-5H3. The smallest absolute Gasteiger partial charge is 0.309 e. The molecule has 0 aliphatic carbocycles. The van der Waals surface area contributed by atoms with Gasteiger partial charge in [0.2, 0.25) is 5.91 Å². The van der Waals surface area contributed by atoms with Gasteiger partial charge in [-0.15, -0.1) is 0 Å². The van der Waals surface area contributed by atoms with Crippen LogP contribution in [0.5, 0.6) is 0 Å². The third-order valence-electron chi connectivity index (χ3n) is 2.40. The summed E-state index contributed by atoms with van der Waals surface area (Å²) in [7, 11) is 4.74. The van der Waals surface area contributed by atoms with Crippen molar-refractivity contribution in [3.63, 3.8) is 0 Å². The number of amides is 1. The zero-order valence-electron chi connectivity index (χ0n) is 10.0. The van der Waals surface area contributed by atoms with Gasteiger partial charge in [-0.2, -0.15) is 0 Å². The predicted octanol–water partition coefficient (Wildman–Crippen LogP) is -0.138. The van der Waals surface area contributed by atoms with Crippen molar-refractivity contribution in [2.75, 3.05) is 27.7 Å². The number of esters is 1. The molecule has 5 heteroatoms. The summed E-state index contributed by atoms with van der Waals surface area (Å²) in [5.41, 5.74) is 0. The van der Waals surface area contributed by atoms with E-state index in [1.54, 1.807) is 21.0 Å². The molecule has 0 radical (unpaired) electrons. The Morgan fingerprint density at radius 2 is 1.87 bits per heavy atom. The van der Waals surface area contributed by atoms with Gasteiger partial charge in [-0.3, -0.25) is 9.59 Å². The third-order valence-corrected chi connectivity index (χ3v) is 2.40. The lowest BCUT2D eigenvalue weighted by atomic mass is 10.0. The molecule has 0 saturated carbocycles. The van der Waals surface area contributed by atoms with Crippen LogP contribution in [0.4, 0.5) is 0 Å². The second-order valence-corrected chi connectivity index (χ2v) is 3.77.